The van der Waals surface area contributed by atoms with E-state index in [-0.39, 0.29) is 52.8 Å². The lowest BCUT2D eigenvalue weighted by Crippen LogP contribution is -2.68. The van der Waals surface area contributed by atoms with E-state index in [0.29, 0.717) is 12.8 Å². The van der Waals surface area contributed by atoms with Crippen LogP contribution < -0.4 is 0 Å². The summed E-state index contributed by atoms with van der Waals surface area (Å²) in [5, 5.41) is 164. The highest BCUT2D eigenvalue weighted by Gasteiger charge is 2.75. The molecule has 0 aromatic carbocycles. The summed E-state index contributed by atoms with van der Waals surface area (Å²) in [6.45, 7) is 4.70. The Hall–Kier alpha value is -1.49. The van der Waals surface area contributed by atoms with Crippen molar-refractivity contribution in [2.75, 3.05) is 26.4 Å². The molecular formula is C51H82O26. The van der Waals surface area contributed by atoms with E-state index in [1.165, 1.54) is 0 Å². The highest BCUT2D eigenvalue weighted by Crippen LogP contribution is 2.71. The highest BCUT2D eigenvalue weighted by molar-refractivity contribution is 5.73. The topological polar surface area (TPSA) is 413 Å². The molecule has 10 rings (SSSR count). The summed E-state index contributed by atoms with van der Waals surface area (Å²) in [5.74, 6) is -2.31. The van der Waals surface area contributed by atoms with Crippen LogP contribution >= 0.6 is 0 Å². The Labute approximate surface area is 444 Å². The Kier molecular flexibility index (Phi) is 17.0. The molecule has 26 heteroatoms. The summed E-state index contributed by atoms with van der Waals surface area (Å²) in [6, 6.07) is 0. The number of aliphatic hydroxyl groups is 15. The molecule has 15 N–H and O–H groups in total. The number of hydrogen-bond acceptors (Lipinski definition) is 26. The van der Waals surface area contributed by atoms with Gasteiger partial charge in [0.15, 0.2) is 25.2 Å². The molecule has 34 atom stereocenters. The van der Waals surface area contributed by atoms with Crippen LogP contribution in [0.15, 0.2) is 0 Å². The van der Waals surface area contributed by atoms with Crippen LogP contribution in [0.2, 0.25) is 0 Å². The highest BCUT2D eigenvalue weighted by atomic mass is 16.8. The third kappa shape index (κ3) is 9.65. The second kappa shape index (κ2) is 22.3. The number of carbonyl (C=O) groups excluding carboxylic acids is 1. The molecule has 0 aromatic heterocycles. The van der Waals surface area contributed by atoms with Crippen LogP contribution in [0.5, 0.6) is 0 Å². The minimum absolute atomic E-state index is 0.0787. The summed E-state index contributed by atoms with van der Waals surface area (Å²) in [5.41, 5.74) is -0.475. The van der Waals surface area contributed by atoms with E-state index in [4.69, 9.17) is 47.4 Å². The first-order valence-corrected chi connectivity index (χ1v) is 27.5. The Morgan fingerprint density at radius 2 is 1.03 bits per heavy atom. The number of aliphatic hydroxyl groups excluding tert-OH is 15. The van der Waals surface area contributed by atoms with E-state index in [1.54, 1.807) is 6.92 Å². The third-order valence-electron chi connectivity index (χ3n) is 20.4. The van der Waals surface area contributed by atoms with Gasteiger partial charge in [-0.15, -0.1) is 0 Å². The fraction of sp³-hybridized carbons (Fsp3) is 0.980. The van der Waals surface area contributed by atoms with Crippen molar-refractivity contribution in [2.45, 2.75) is 232 Å². The zero-order valence-electron chi connectivity index (χ0n) is 43.6. The standard InChI is InChI=1S/C51H82O26/c1-17-11-27(56)51(77-44(17)67)18(2)28-41(76-51)33(60)29-21-6-5-19-12-20(7-9-49(19,3)22(21)8-10-50(28,29)4)68-45-39(66)36(63)40(26(16-55)72-45)73-48-43(75-47-38(65)35(62)31(58)24(14-53)70-47)42(32(59)25(15-54)71-48)74-46-37(64)34(61)30(57)23(13-52)69-46/h17-43,45-48,52-66H,5-16H2,1-4H3. The Bertz CT molecular complexity index is 2040. The average molecular weight is 1110 g/mol. The van der Waals surface area contributed by atoms with Crippen molar-refractivity contribution in [2.24, 2.45) is 52.3 Å². The van der Waals surface area contributed by atoms with Crippen LogP contribution in [0.25, 0.3) is 0 Å². The lowest BCUT2D eigenvalue weighted by Gasteiger charge is -2.61. The van der Waals surface area contributed by atoms with Gasteiger partial charge >= 0.3 is 5.97 Å². The van der Waals surface area contributed by atoms with Crippen LogP contribution in [-0.2, 0) is 52.2 Å². The molecule has 6 heterocycles. The predicted octanol–water partition coefficient (Wildman–Crippen LogP) is -5.44. The van der Waals surface area contributed by atoms with Crippen molar-refractivity contribution in [3.8, 4) is 0 Å². The molecule has 4 saturated carbocycles. The first kappa shape index (κ1) is 58.7. The maximum atomic E-state index is 12.9. The molecule has 0 radical (unpaired) electrons. The van der Waals surface area contributed by atoms with Gasteiger partial charge in [0, 0.05) is 11.8 Å². The quantitative estimate of drug-likeness (QED) is 0.0640. The van der Waals surface area contributed by atoms with E-state index in [9.17, 15) is 81.4 Å². The molecule has 4 aliphatic carbocycles. The number of rotatable bonds is 12. The number of fused-ring (bicyclic) bond motifs is 7. The molecule has 0 amide bonds. The molecule has 6 aliphatic heterocycles. The SMILES string of the molecule is CC1CC(O)C2(OC1=O)OC1C(O)C3C4CCC5CC(OC6OC(CO)C(OC7OC(CO)C(O)C(OC8OC(CO)C(O)C(O)C8O)C7OC7OC(CO)C(O)C(O)C7O)C(O)C6O)CCC5(C)C4CCC3(C)C1C2C. The van der Waals surface area contributed by atoms with Crippen LogP contribution in [0.4, 0.5) is 0 Å². The number of carbonyl (C=O) groups is 1. The molecule has 10 aliphatic rings. The lowest BCUT2D eigenvalue weighted by molar-refractivity contribution is -0.406. The molecule has 0 bridgehead atoms. The lowest BCUT2D eigenvalue weighted by atomic mass is 9.44. The molecule has 6 saturated heterocycles. The van der Waals surface area contributed by atoms with Gasteiger partial charge in [-0.1, -0.05) is 27.7 Å². The van der Waals surface area contributed by atoms with Gasteiger partial charge in [-0.05, 0) is 85.9 Å². The fourth-order valence-corrected chi connectivity index (χ4v) is 16.2. The summed E-state index contributed by atoms with van der Waals surface area (Å²) in [7, 11) is 0. The Morgan fingerprint density at radius 1 is 0.506 bits per heavy atom. The van der Waals surface area contributed by atoms with Gasteiger partial charge in [0.2, 0.25) is 5.79 Å². The minimum Gasteiger partial charge on any atom is -0.430 e. The van der Waals surface area contributed by atoms with Gasteiger partial charge in [-0.2, -0.15) is 0 Å². The summed E-state index contributed by atoms with van der Waals surface area (Å²) < 4.78 is 60.3. The van der Waals surface area contributed by atoms with Crippen molar-refractivity contribution in [3.63, 3.8) is 0 Å². The summed E-state index contributed by atoms with van der Waals surface area (Å²) >= 11 is 0. The van der Waals surface area contributed by atoms with Crippen molar-refractivity contribution in [1.82, 2.24) is 0 Å². The molecule has 1 spiro atoms. The normalized spacial score (nSPS) is 57.7. The zero-order valence-corrected chi connectivity index (χ0v) is 43.6. The summed E-state index contributed by atoms with van der Waals surface area (Å²) in [4.78, 5) is 12.9. The first-order chi connectivity index (χ1) is 36.5. The van der Waals surface area contributed by atoms with E-state index < -0.39 is 191 Å². The largest absolute Gasteiger partial charge is 0.430 e. The van der Waals surface area contributed by atoms with E-state index in [0.717, 1.165) is 32.1 Å². The monoisotopic (exact) mass is 1110 g/mol. The summed E-state index contributed by atoms with van der Waals surface area (Å²) in [6.07, 6.45) is -33.9. The van der Waals surface area contributed by atoms with Crippen molar-refractivity contribution >= 4 is 5.97 Å². The molecular weight excluding hydrogens is 1030 g/mol. The van der Waals surface area contributed by atoms with Crippen LogP contribution in [-0.4, -0.2) is 262 Å². The Balaban J connectivity index is 0.825. The Morgan fingerprint density at radius 3 is 1.64 bits per heavy atom. The van der Waals surface area contributed by atoms with Crippen molar-refractivity contribution in [3.05, 3.63) is 0 Å². The number of esters is 1. The van der Waals surface area contributed by atoms with Crippen LogP contribution in [0.1, 0.15) is 79.1 Å². The minimum atomic E-state index is -2.06. The van der Waals surface area contributed by atoms with Gasteiger partial charge in [-0.3, -0.25) is 4.79 Å². The van der Waals surface area contributed by atoms with Crippen LogP contribution in [0, 0.1) is 52.3 Å². The maximum absolute atomic E-state index is 12.9. The predicted molar refractivity (Wildman–Crippen MR) is 251 cm³/mol. The van der Waals surface area contributed by atoms with E-state index in [1.807, 2.05) is 6.92 Å². The molecule has 34 unspecified atom stereocenters. The van der Waals surface area contributed by atoms with E-state index >= 15 is 0 Å². The van der Waals surface area contributed by atoms with Crippen molar-refractivity contribution in [1.29, 1.82) is 0 Å². The van der Waals surface area contributed by atoms with Gasteiger partial charge in [-0.25, -0.2) is 0 Å². The van der Waals surface area contributed by atoms with Gasteiger partial charge < -0.3 is 124 Å². The van der Waals surface area contributed by atoms with Gasteiger partial charge in [0.05, 0.1) is 50.7 Å². The molecule has 10 fully saturated rings. The van der Waals surface area contributed by atoms with Gasteiger partial charge in [0.25, 0.3) is 0 Å². The third-order valence-corrected chi connectivity index (χ3v) is 20.4. The van der Waals surface area contributed by atoms with Crippen molar-refractivity contribution < 1.29 is 129 Å². The molecule has 442 valence electrons. The average Bonchev–Trinajstić information content (AvgIpc) is 3.96. The van der Waals surface area contributed by atoms with Crippen LogP contribution in [0.3, 0.4) is 0 Å². The van der Waals surface area contributed by atoms with E-state index in [2.05, 4.69) is 13.8 Å². The second-order valence-corrected chi connectivity index (χ2v) is 24.5. The smallest absolute Gasteiger partial charge is 0.311 e. The number of hydrogen-bond donors (Lipinski definition) is 15. The first-order valence-electron chi connectivity index (χ1n) is 27.5. The van der Waals surface area contributed by atoms with Gasteiger partial charge in [0.1, 0.15) is 104 Å². The number of ether oxygens (including phenoxy) is 10. The molecule has 26 nitrogen and oxygen atoms in total. The molecule has 0 aromatic rings. The zero-order chi connectivity index (χ0) is 55.5. The maximum Gasteiger partial charge on any atom is 0.311 e. The second-order valence-electron chi connectivity index (χ2n) is 24.5. The fourth-order valence-electron chi connectivity index (χ4n) is 16.2. The molecule has 77 heavy (non-hydrogen) atoms.